The smallest absolute Gasteiger partial charge is 0.229 e. The van der Waals surface area contributed by atoms with Crippen molar-refractivity contribution in [1.82, 2.24) is 4.90 Å². The van der Waals surface area contributed by atoms with Crippen LogP contribution < -0.4 is 10.1 Å². The highest BCUT2D eigenvalue weighted by Gasteiger charge is 2.34. The minimum atomic E-state index is -1.65. The van der Waals surface area contributed by atoms with E-state index in [0.717, 1.165) is 23.4 Å². The molecule has 2 aromatic rings. The van der Waals surface area contributed by atoms with Crippen LogP contribution >= 0.6 is 0 Å². The Kier molecular flexibility index (Phi) is 5.87. The van der Waals surface area contributed by atoms with Gasteiger partial charge in [-0.1, -0.05) is 18.2 Å². The van der Waals surface area contributed by atoms with Crippen molar-refractivity contribution in [2.24, 2.45) is 5.92 Å². The van der Waals surface area contributed by atoms with Gasteiger partial charge in [0.05, 0.1) is 18.7 Å². The molecule has 0 bridgehead atoms. The lowest BCUT2D eigenvalue weighted by molar-refractivity contribution is -0.128. The van der Waals surface area contributed by atoms with Crippen LogP contribution in [0.5, 0.6) is 5.75 Å². The van der Waals surface area contributed by atoms with Crippen LogP contribution in [0.4, 0.5) is 18.9 Å². The number of rotatable bonds is 6. The van der Waals surface area contributed by atoms with Gasteiger partial charge in [-0.3, -0.25) is 9.59 Å². The van der Waals surface area contributed by atoms with Gasteiger partial charge in [0.1, 0.15) is 5.75 Å². The van der Waals surface area contributed by atoms with Gasteiger partial charge in [-0.05, 0) is 30.2 Å². The molecule has 1 unspecified atom stereocenters. The Balaban J connectivity index is 1.61. The summed E-state index contributed by atoms with van der Waals surface area (Å²) in [6, 6.07) is 9.12. The average Bonchev–Trinajstić information content (AvgIpc) is 3.07. The summed E-state index contributed by atoms with van der Waals surface area (Å²) in [7, 11) is 1.57. The van der Waals surface area contributed by atoms with E-state index in [4.69, 9.17) is 4.74 Å². The van der Waals surface area contributed by atoms with Gasteiger partial charge in [0.25, 0.3) is 0 Å². The third-order valence-corrected chi connectivity index (χ3v) is 4.72. The molecule has 1 N–H and O–H groups in total. The molecule has 2 aromatic carbocycles. The Morgan fingerprint density at radius 1 is 1.18 bits per heavy atom. The first kappa shape index (κ1) is 19.7. The zero-order valence-corrected chi connectivity index (χ0v) is 15.2. The molecule has 2 amide bonds. The summed E-state index contributed by atoms with van der Waals surface area (Å²) in [5.74, 6) is -5.24. The number of methoxy groups -OCH3 is 1. The normalized spacial score (nSPS) is 16.4. The molecule has 1 fully saturated rings. The second kappa shape index (κ2) is 8.33. The molecule has 5 nitrogen and oxygen atoms in total. The van der Waals surface area contributed by atoms with Gasteiger partial charge in [-0.25, -0.2) is 13.2 Å². The Hall–Kier alpha value is -3.03. The summed E-state index contributed by atoms with van der Waals surface area (Å²) in [4.78, 5) is 26.1. The van der Waals surface area contributed by atoms with E-state index in [1.807, 2.05) is 24.3 Å². The number of carbonyl (C=O) groups is 2. The molecule has 0 aromatic heterocycles. The summed E-state index contributed by atoms with van der Waals surface area (Å²) < 4.78 is 45.3. The minimum absolute atomic E-state index is 0.0247. The number of halogens is 3. The third kappa shape index (κ3) is 4.11. The number of nitrogens with one attached hydrogen (secondary N) is 1. The molecule has 148 valence electrons. The fraction of sp³-hybridized carbons (Fsp3) is 0.300. The topological polar surface area (TPSA) is 58.6 Å². The van der Waals surface area contributed by atoms with Gasteiger partial charge < -0.3 is 15.0 Å². The first-order chi connectivity index (χ1) is 13.4. The van der Waals surface area contributed by atoms with Gasteiger partial charge in [0.15, 0.2) is 17.5 Å². The molecule has 1 heterocycles. The SMILES string of the molecule is COc1ccccc1CCN1CC(C(=O)Nc2ccc(F)c(F)c2F)CC1=O. The molecule has 0 aliphatic carbocycles. The zero-order valence-electron chi connectivity index (χ0n) is 15.2. The van der Waals surface area contributed by atoms with E-state index in [9.17, 15) is 22.8 Å². The lowest BCUT2D eigenvalue weighted by Gasteiger charge is -2.17. The van der Waals surface area contributed by atoms with E-state index in [1.54, 1.807) is 12.0 Å². The molecular formula is C20H19F3N2O3. The number of nitrogens with zero attached hydrogens (tertiary/aromatic N) is 1. The molecule has 28 heavy (non-hydrogen) atoms. The van der Waals surface area contributed by atoms with Gasteiger partial charge in [0, 0.05) is 19.5 Å². The van der Waals surface area contributed by atoms with Crippen LogP contribution in [0.1, 0.15) is 12.0 Å². The first-order valence-corrected chi connectivity index (χ1v) is 8.74. The van der Waals surface area contributed by atoms with Crippen molar-refractivity contribution in [2.45, 2.75) is 12.8 Å². The van der Waals surface area contributed by atoms with Crippen LogP contribution in [-0.4, -0.2) is 36.9 Å². The van der Waals surface area contributed by atoms with Gasteiger partial charge in [-0.2, -0.15) is 0 Å². The molecule has 8 heteroatoms. The Labute approximate surface area is 160 Å². The van der Waals surface area contributed by atoms with Crippen LogP contribution in [0.25, 0.3) is 0 Å². The van der Waals surface area contributed by atoms with Crippen LogP contribution in [0.2, 0.25) is 0 Å². The number of carbonyl (C=O) groups excluding carboxylic acids is 2. The van der Waals surface area contributed by atoms with E-state index >= 15 is 0 Å². The number of ether oxygens (including phenoxy) is 1. The van der Waals surface area contributed by atoms with E-state index in [1.165, 1.54) is 0 Å². The highest BCUT2D eigenvalue weighted by atomic mass is 19.2. The van der Waals surface area contributed by atoms with E-state index in [-0.39, 0.29) is 18.9 Å². The van der Waals surface area contributed by atoms with Crippen molar-refractivity contribution in [2.75, 3.05) is 25.5 Å². The van der Waals surface area contributed by atoms with Crippen molar-refractivity contribution in [3.8, 4) is 5.75 Å². The molecule has 3 rings (SSSR count). The van der Waals surface area contributed by atoms with Crippen LogP contribution in [0, 0.1) is 23.4 Å². The van der Waals surface area contributed by atoms with Gasteiger partial charge >= 0.3 is 0 Å². The molecule has 0 saturated carbocycles. The van der Waals surface area contributed by atoms with E-state index in [2.05, 4.69) is 5.32 Å². The molecule has 1 saturated heterocycles. The third-order valence-electron chi connectivity index (χ3n) is 4.72. The Morgan fingerprint density at radius 3 is 2.68 bits per heavy atom. The number of benzene rings is 2. The maximum Gasteiger partial charge on any atom is 0.229 e. The second-order valence-corrected chi connectivity index (χ2v) is 6.51. The van der Waals surface area contributed by atoms with E-state index in [0.29, 0.717) is 13.0 Å². The summed E-state index contributed by atoms with van der Waals surface area (Å²) in [6.45, 7) is 0.577. The fourth-order valence-corrected chi connectivity index (χ4v) is 3.19. The standard InChI is InChI=1S/C20H19F3N2O3/c1-28-16-5-3-2-4-12(16)8-9-25-11-13(10-17(25)26)20(27)24-15-7-6-14(21)18(22)19(15)23/h2-7,13H,8-11H2,1H3,(H,24,27). The molecule has 1 atom stereocenters. The van der Waals surface area contributed by atoms with Crippen molar-refractivity contribution in [1.29, 1.82) is 0 Å². The predicted octanol–water partition coefficient (Wildman–Crippen LogP) is 3.14. The lowest BCUT2D eigenvalue weighted by Crippen LogP contribution is -2.30. The summed E-state index contributed by atoms with van der Waals surface area (Å²) in [5.41, 5.74) is 0.485. The Bertz CT molecular complexity index is 904. The van der Waals surface area contributed by atoms with E-state index < -0.39 is 35.0 Å². The summed E-state index contributed by atoms with van der Waals surface area (Å²) in [5, 5.41) is 2.23. The molecule has 0 spiro atoms. The van der Waals surface area contributed by atoms with Crippen LogP contribution in [0.15, 0.2) is 36.4 Å². The van der Waals surface area contributed by atoms with Crippen LogP contribution in [0.3, 0.4) is 0 Å². The largest absolute Gasteiger partial charge is 0.496 e. The van der Waals surface area contributed by atoms with Gasteiger partial charge in [-0.15, -0.1) is 0 Å². The summed E-state index contributed by atoms with van der Waals surface area (Å²) in [6.07, 6.45) is 0.533. The highest BCUT2D eigenvalue weighted by molar-refractivity contribution is 5.97. The predicted molar refractivity (Wildman–Crippen MR) is 96.3 cm³/mol. The first-order valence-electron chi connectivity index (χ1n) is 8.74. The maximum absolute atomic E-state index is 13.7. The zero-order chi connectivity index (χ0) is 20.3. The monoisotopic (exact) mass is 392 g/mol. The maximum atomic E-state index is 13.7. The molecular weight excluding hydrogens is 373 g/mol. The second-order valence-electron chi connectivity index (χ2n) is 6.51. The molecule has 0 radical (unpaired) electrons. The highest BCUT2D eigenvalue weighted by Crippen LogP contribution is 2.24. The quantitative estimate of drug-likeness (QED) is 0.769. The van der Waals surface area contributed by atoms with Crippen molar-refractivity contribution >= 4 is 17.5 Å². The number of likely N-dealkylation sites (tertiary alicyclic amines) is 1. The minimum Gasteiger partial charge on any atom is -0.496 e. The lowest BCUT2D eigenvalue weighted by atomic mass is 10.1. The van der Waals surface area contributed by atoms with Crippen molar-refractivity contribution in [3.05, 3.63) is 59.4 Å². The molecule has 1 aliphatic heterocycles. The van der Waals surface area contributed by atoms with Crippen LogP contribution in [-0.2, 0) is 16.0 Å². The van der Waals surface area contributed by atoms with Crippen molar-refractivity contribution < 1.29 is 27.5 Å². The molecule has 1 aliphatic rings. The Morgan fingerprint density at radius 2 is 1.93 bits per heavy atom. The summed E-state index contributed by atoms with van der Waals surface area (Å²) >= 11 is 0. The number of para-hydroxylation sites is 1. The number of amides is 2. The number of hydrogen-bond donors (Lipinski definition) is 1. The fourth-order valence-electron chi connectivity index (χ4n) is 3.19. The number of anilines is 1. The average molecular weight is 392 g/mol. The number of hydrogen-bond acceptors (Lipinski definition) is 3. The van der Waals surface area contributed by atoms with Crippen molar-refractivity contribution in [3.63, 3.8) is 0 Å². The van der Waals surface area contributed by atoms with Gasteiger partial charge in [0.2, 0.25) is 11.8 Å².